The first-order chi connectivity index (χ1) is 11.7. The van der Waals surface area contributed by atoms with Crippen LogP contribution in [0.4, 0.5) is 11.6 Å². The Balaban J connectivity index is 2.32. The number of rotatable bonds is 6. The first kappa shape index (κ1) is 18.6. The summed E-state index contributed by atoms with van der Waals surface area (Å²) in [7, 11) is 1.47. The van der Waals surface area contributed by atoms with Crippen molar-refractivity contribution >= 4 is 23.5 Å². The standard InChI is InChI=1S/C15H19N3O7/c1-9(8-23-4)24-12(19)7-17-13-10(25-15(2,3)14(17)20)5-6-11(16-13)18(21)22/h5-6,9H,7-8H2,1-4H3. The Morgan fingerprint density at radius 1 is 1.48 bits per heavy atom. The lowest BCUT2D eigenvalue weighted by atomic mass is 10.1. The van der Waals surface area contributed by atoms with E-state index in [9.17, 15) is 19.7 Å². The number of pyridine rings is 1. The third-order valence-electron chi connectivity index (χ3n) is 3.41. The Bertz CT molecular complexity index is 704. The zero-order chi connectivity index (χ0) is 18.8. The van der Waals surface area contributed by atoms with Crippen LogP contribution in [0, 0.1) is 10.1 Å². The van der Waals surface area contributed by atoms with Crippen LogP contribution in [-0.4, -0.2) is 53.8 Å². The molecular formula is C15H19N3O7. The molecule has 0 aromatic carbocycles. The number of amides is 1. The first-order valence-corrected chi connectivity index (χ1v) is 7.50. The fourth-order valence-electron chi connectivity index (χ4n) is 2.35. The molecule has 0 fully saturated rings. The van der Waals surface area contributed by atoms with E-state index >= 15 is 0 Å². The van der Waals surface area contributed by atoms with Crippen LogP contribution in [0.25, 0.3) is 0 Å². The molecule has 0 spiro atoms. The second-order valence-electron chi connectivity index (χ2n) is 6.01. The summed E-state index contributed by atoms with van der Waals surface area (Å²) in [5.74, 6) is -1.61. The van der Waals surface area contributed by atoms with Crippen LogP contribution < -0.4 is 9.64 Å². The topological polar surface area (TPSA) is 121 Å². The zero-order valence-corrected chi connectivity index (χ0v) is 14.3. The lowest BCUT2D eigenvalue weighted by Gasteiger charge is -2.35. The van der Waals surface area contributed by atoms with E-state index in [1.807, 2.05) is 0 Å². The summed E-state index contributed by atoms with van der Waals surface area (Å²) < 4.78 is 15.6. The van der Waals surface area contributed by atoms with Crippen LogP contribution in [0.3, 0.4) is 0 Å². The van der Waals surface area contributed by atoms with Crippen LogP contribution in [0.2, 0.25) is 0 Å². The zero-order valence-electron chi connectivity index (χ0n) is 14.3. The normalized spacial score (nSPS) is 16.6. The SMILES string of the molecule is COCC(C)OC(=O)CN1C(=O)C(C)(C)Oc2ccc([N+](=O)[O-])nc21. The number of hydrogen-bond acceptors (Lipinski definition) is 8. The molecule has 0 saturated carbocycles. The number of esters is 1. The molecule has 1 aliphatic heterocycles. The van der Waals surface area contributed by atoms with E-state index in [1.54, 1.807) is 6.92 Å². The van der Waals surface area contributed by atoms with Gasteiger partial charge in [0, 0.05) is 13.2 Å². The van der Waals surface area contributed by atoms with Crippen LogP contribution in [0.5, 0.6) is 5.75 Å². The van der Waals surface area contributed by atoms with Crippen molar-refractivity contribution in [3.8, 4) is 5.75 Å². The predicted molar refractivity (Wildman–Crippen MR) is 85.4 cm³/mol. The van der Waals surface area contributed by atoms with Gasteiger partial charge >= 0.3 is 11.8 Å². The number of carbonyl (C=O) groups excluding carboxylic acids is 2. The number of aromatic nitrogens is 1. The van der Waals surface area contributed by atoms with E-state index in [1.165, 1.54) is 33.1 Å². The van der Waals surface area contributed by atoms with Gasteiger partial charge in [-0.15, -0.1) is 0 Å². The second kappa shape index (κ2) is 7.01. The molecule has 0 saturated heterocycles. The number of methoxy groups -OCH3 is 1. The molecule has 1 aromatic rings. The second-order valence-corrected chi connectivity index (χ2v) is 6.01. The minimum Gasteiger partial charge on any atom is -0.472 e. The summed E-state index contributed by atoms with van der Waals surface area (Å²) in [4.78, 5) is 39.8. The molecule has 10 nitrogen and oxygen atoms in total. The van der Waals surface area contributed by atoms with E-state index in [2.05, 4.69) is 4.98 Å². The van der Waals surface area contributed by atoms with Crippen molar-refractivity contribution < 1.29 is 28.7 Å². The lowest BCUT2D eigenvalue weighted by Crippen LogP contribution is -2.54. The molecule has 1 aliphatic rings. The summed E-state index contributed by atoms with van der Waals surface area (Å²) >= 11 is 0. The lowest BCUT2D eigenvalue weighted by molar-refractivity contribution is -0.389. The number of nitro groups is 1. The van der Waals surface area contributed by atoms with E-state index in [0.29, 0.717) is 0 Å². The highest BCUT2D eigenvalue weighted by atomic mass is 16.6. The molecule has 1 unspecified atom stereocenters. The van der Waals surface area contributed by atoms with Crippen LogP contribution >= 0.6 is 0 Å². The molecule has 136 valence electrons. The highest BCUT2D eigenvalue weighted by Crippen LogP contribution is 2.37. The summed E-state index contributed by atoms with van der Waals surface area (Å²) in [6, 6.07) is 2.52. The van der Waals surface area contributed by atoms with Crippen molar-refractivity contribution in [1.82, 2.24) is 4.98 Å². The number of ether oxygens (including phenoxy) is 3. The monoisotopic (exact) mass is 353 g/mol. The van der Waals surface area contributed by atoms with Gasteiger partial charge in [0.15, 0.2) is 11.4 Å². The summed E-state index contributed by atoms with van der Waals surface area (Å²) in [5.41, 5.74) is -1.25. The van der Waals surface area contributed by atoms with E-state index in [0.717, 1.165) is 4.90 Å². The Hall–Kier alpha value is -2.75. The number of anilines is 1. The molecule has 2 heterocycles. The van der Waals surface area contributed by atoms with Gasteiger partial charge in [-0.1, -0.05) is 0 Å². The maximum absolute atomic E-state index is 12.6. The van der Waals surface area contributed by atoms with Crippen molar-refractivity contribution in [2.24, 2.45) is 0 Å². The van der Waals surface area contributed by atoms with Gasteiger partial charge in [-0.3, -0.25) is 14.5 Å². The molecule has 0 aliphatic carbocycles. The highest BCUT2D eigenvalue weighted by molar-refractivity contribution is 6.04. The van der Waals surface area contributed by atoms with Gasteiger partial charge in [-0.25, -0.2) is 0 Å². The van der Waals surface area contributed by atoms with E-state index in [4.69, 9.17) is 14.2 Å². The molecular weight excluding hydrogens is 334 g/mol. The Labute approximate surface area is 143 Å². The Morgan fingerprint density at radius 2 is 2.16 bits per heavy atom. The molecule has 25 heavy (non-hydrogen) atoms. The van der Waals surface area contributed by atoms with Gasteiger partial charge in [0.1, 0.15) is 12.6 Å². The largest absolute Gasteiger partial charge is 0.472 e. The smallest absolute Gasteiger partial charge is 0.366 e. The van der Waals surface area contributed by atoms with Gasteiger partial charge in [0.05, 0.1) is 6.61 Å². The number of nitrogens with zero attached hydrogens (tertiary/aromatic N) is 3. The Kier molecular flexibility index (Phi) is 5.21. The van der Waals surface area contributed by atoms with Crippen molar-refractivity contribution in [2.45, 2.75) is 32.5 Å². The minimum absolute atomic E-state index is 0.0881. The number of fused-ring (bicyclic) bond motifs is 1. The van der Waals surface area contributed by atoms with Crippen LogP contribution in [0.1, 0.15) is 20.8 Å². The predicted octanol–water partition coefficient (Wildman–Crippen LogP) is 1.07. The minimum atomic E-state index is -1.25. The fraction of sp³-hybridized carbons (Fsp3) is 0.533. The van der Waals surface area contributed by atoms with Crippen LogP contribution in [-0.2, 0) is 19.1 Å². The van der Waals surface area contributed by atoms with E-state index in [-0.39, 0.29) is 18.2 Å². The fourth-order valence-corrected chi connectivity index (χ4v) is 2.35. The highest BCUT2D eigenvalue weighted by Gasteiger charge is 2.45. The third kappa shape index (κ3) is 4.02. The average Bonchev–Trinajstić information content (AvgIpc) is 2.51. The third-order valence-corrected chi connectivity index (χ3v) is 3.41. The summed E-state index contributed by atoms with van der Waals surface area (Å²) in [6.45, 7) is 4.47. The molecule has 0 radical (unpaired) electrons. The van der Waals surface area contributed by atoms with Crippen LogP contribution in [0.15, 0.2) is 12.1 Å². The van der Waals surface area contributed by atoms with E-state index < -0.39 is 40.9 Å². The van der Waals surface area contributed by atoms with Crippen molar-refractivity contribution in [3.63, 3.8) is 0 Å². The van der Waals surface area contributed by atoms with Gasteiger partial charge in [0.2, 0.25) is 0 Å². The van der Waals surface area contributed by atoms with Gasteiger partial charge in [-0.2, -0.15) is 0 Å². The summed E-state index contributed by atoms with van der Waals surface area (Å²) in [6.07, 6.45) is -0.501. The molecule has 1 amide bonds. The average molecular weight is 353 g/mol. The Morgan fingerprint density at radius 3 is 2.76 bits per heavy atom. The summed E-state index contributed by atoms with van der Waals surface area (Å²) in [5, 5.41) is 10.9. The van der Waals surface area contributed by atoms with Crippen molar-refractivity contribution in [3.05, 3.63) is 22.2 Å². The number of carbonyl (C=O) groups is 2. The molecule has 0 bridgehead atoms. The maximum Gasteiger partial charge on any atom is 0.366 e. The van der Waals surface area contributed by atoms with Gasteiger partial charge in [0.25, 0.3) is 11.7 Å². The maximum atomic E-state index is 12.6. The van der Waals surface area contributed by atoms with Gasteiger partial charge in [-0.05, 0) is 36.7 Å². The quantitative estimate of drug-likeness (QED) is 0.423. The van der Waals surface area contributed by atoms with Crippen molar-refractivity contribution in [1.29, 1.82) is 0 Å². The van der Waals surface area contributed by atoms with Crippen molar-refractivity contribution in [2.75, 3.05) is 25.2 Å². The number of hydrogen-bond donors (Lipinski definition) is 0. The van der Waals surface area contributed by atoms with Gasteiger partial charge < -0.3 is 24.3 Å². The molecule has 0 N–H and O–H groups in total. The molecule has 2 rings (SSSR count). The molecule has 10 heteroatoms. The first-order valence-electron chi connectivity index (χ1n) is 7.50. The molecule has 1 atom stereocenters. The molecule has 1 aromatic heterocycles.